The number of nitrogens with zero attached hydrogens (tertiary/aromatic N) is 3. The van der Waals surface area contributed by atoms with E-state index in [1.54, 1.807) is 17.1 Å². The minimum absolute atomic E-state index is 0.0640. The normalized spacial score (nSPS) is 33.2. The Balaban J connectivity index is 1.38. The van der Waals surface area contributed by atoms with Crippen LogP contribution in [-0.4, -0.2) is 126 Å². The molecule has 0 saturated carbocycles. The number of allylic oxidation sites excluding steroid dienone is 1. The fraction of sp³-hybridized carbons (Fsp3) is 0.600. The number of likely N-dealkylation sites (tertiary alicyclic amines) is 1. The molecule has 3 fully saturated rings. The van der Waals surface area contributed by atoms with Crippen LogP contribution in [0.2, 0.25) is 0 Å². The smallest absolute Gasteiger partial charge is 0.306 e. The minimum Gasteiger partial charge on any atom is -0.463 e. The second-order valence-corrected chi connectivity index (χ2v) is 13.3. The van der Waals surface area contributed by atoms with Crippen LogP contribution in [0.1, 0.15) is 38.3 Å². The first kappa shape index (κ1) is 33.3. The largest absolute Gasteiger partial charge is 0.463 e. The lowest BCUT2D eigenvalue weighted by atomic mass is 9.77. The molecule has 7 atom stereocenters. The summed E-state index contributed by atoms with van der Waals surface area (Å²) in [5.41, 5.74) is -0.681. The molecule has 12 heteroatoms. The van der Waals surface area contributed by atoms with Crippen molar-refractivity contribution in [3.8, 4) is 0 Å². The number of aliphatic hydroxyl groups excluding tert-OH is 1. The molecule has 0 aliphatic carbocycles. The van der Waals surface area contributed by atoms with Gasteiger partial charge in [-0.25, -0.2) is 0 Å². The summed E-state index contributed by atoms with van der Waals surface area (Å²) in [4.78, 5) is 61.8. The van der Waals surface area contributed by atoms with E-state index in [0.717, 1.165) is 18.7 Å². The minimum atomic E-state index is -1.43. The van der Waals surface area contributed by atoms with Crippen molar-refractivity contribution < 1.29 is 38.5 Å². The highest BCUT2D eigenvalue weighted by Crippen LogP contribution is 2.53. The molecule has 5 aliphatic heterocycles. The number of amides is 3. The van der Waals surface area contributed by atoms with Gasteiger partial charge in [-0.15, -0.1) is 0 Å². The van der Waals surface area contributed by atoms with E-state index in [2.05, 4.69) is 10.2 Å². The van der Waals surface area contributed by atoms with Gasteiger partial charge in [0.05, 0.1) is 49.8 Å². The number of carbonyl (C=O) groups excluding carboxylic acids is 4. The first-order valence-corrected chi connectivity index (χ1v) is 16.8. The summed E-state index contributed by atoms with van der Waals surface area (Å²) in [5, 5.41) is 13.6. The van der Waals surface area contributed by atoms with Crippen molar-refractivity contribution in [3.63, 3.8) is 0 Å². The number of fused-ring (bicyclic) bond motifs is 2. The Bertz CT molecular complexity index is 1380. The van der Waals surface area contributed by atoms with Crippen LogP contribution in [0.25, 0.3) is 0 Å². The number of carbonyl (C=O) groups is 4. The Morgan fingerprint density at radius 2 is 1.79 bits per heavy atom. The summed E-state index contributed by atoms with van der Waals surface area (Å²) < 4.78 is 17.8. The highest BCUT2D eigenvalue weighted by Gasteiger charge is 2.72. The summed E-state index contributed by atoms with van der Waals surface area (Å²) in [6.45, 7) is 7.71. The predicted octanol–water partition coefficient (Wildman–Crippen LogP) is 1.07. The van der Waals surface area contributed by atoms with Gasteiger partial charge in [0.15, 0.2) is 0 Å². The van der Waals surface area contributed by atoms with E-state index in [1.165, 1.54) is 4.90 Å². The van der Waals surface area contributed by atoms with Crippen LogP contribution in [0.5, 0.6) is 0 Å². The zero-order valence-electron chi connectivity index (χ0n) is 27.2. The molecule has 12 nitrogen and oxygen atoms in total. The molecule has 1 aromatic rings. The van der Waals surface area contributed by atoms with E-state index in [9.17, 15) is 24.3 Å². The Morgan fingerprint density at radius 3 is 2.51 bits per heavy atom. The maximum Gasteiger partial charge on any atom is 0.306 e. The third-order valence-electron chi connectivity index (χ3n) is 10.2. The summed E-state index contributed by atoms with van der Waals surface area (Å²) in [5.74, 6) is -3.62. The van der Waals surface area contributed by atoms with Gasteiger partial charge >= 0.3 is 5.97 Å². The monoisotopic (exact) mass is 650 g/mol. The fourth-order valence-electron chi connectivity index (χ4n) is 7.69. The summed E-state index contributed by atoms with van der Waals surface area (Å²) in [7, 11) is 0. The van der Waals surface area contributed by atoms with E-state index in [1.807, 2.05) is 56.3 Å². The van der Waals surface area contributed by atoms with Gasteiger partial charge in [-0.3, -0.25) is 24.1 Å². The van der Waals surface area contributed by atoms with E-state index < -0.39 is 47.6 Å². The number of aliphatic hydroxyl groups is 1. The zero-order valence-corrected chi connectivity index (χ0v) is 27.2. The number of hydrogen-bond acceptors (Lipinski definition) is 9. The van der Waals surface area contributed by atoms with Crippen molar-refractivity contribution in [2.45, 2.75) is 56.5 Å². The molecule has 0 radical (unpaired) electrons. The van der Waals surface area contributed by atoms with Gasteiger partial charge in [-0.05, 0) is 17.9 Å². The van der Waals surface area contributed by atoms with Crippen LogP contribution in [0.3, 0.4) is 0 Å². The highest BCUT2D eigenvalue weighted by atomic mass is 16.5. The predicted molar refractivity (Wildman–Crippen MR) is 171 cm³/mol. The quantitative estimate of drug-likeness (QED) is 0.328. The van der Waals surface area contributed by atoms with Crippen molar-refractivity contribution in [1.29, 1.82) is 0 Å². The van der Waals surface area contributed by atoms with Gasteiger partial charge in [0, 0.05) is 39.1 Å². The number of hydrogen-bond donors (Lipinski definition) is 2. The molecular formula is C35H46N4O8. The van der Waals surface area contributed by atoms with Crippen molar-refractivity contribution in [2.75, 3.05) is 59.2 Å². The molecule has 254 valence electrons. The molecule has 3 amide bonds. The summed E-state index contributed by atoms with van der Waals surface area (Å²) >= 11 is 0. The Hall–Kier alpha value is -3.58. The van der Waals surface area contributed by atoms with Crippen LogP contribution in [0.15, 0.2) is 54.6 Å². The van der Waals surface area contributed by atoms with Crippen LogP contribution in [-0.2, 0) is 33.4 Å². The van der Waals surface area contributed by atoms with E-state index in [0.29, 0.717) is 39.3 Å². The van der Waals surface area contributed by atoms with Crippen LogP contribution < -0.4 is 5.32 Å². The first-order valence-electron chi connectivity index (χ1n) is 16.8. The number of ether oxygens (including phenoxy) is 3. The maximum absolute atomic E-state index is 14.7. The number of esters is 1. The molecule has 47 heavy (non-hydrogen) atoms. The lowest BCUT2D eigenvalue weighted by Crippen LogP contribution is -2.59. The molecular weight excluding hydrogens is 604 g/mol. The lowest BCUT2D eigenvalue weighted by Gasteiger charge is -2.40. The van der Waals surface area contributed by atoms with Gasteiger partial charge in [-0.2, -0.15) is 0 Å². The topological polar surface area (TPSA) is 138 Å². The maximum atomic E-state index is 14.7. The number of nitrogens with one attached hydrogen (secondary N) is 1. The number of rotatable bonds is 7. The molecule has 5 heterocycles. The molecule has 5 aliphatic rings. The van der Waals surface area contributed by atoms with Crippen molar-refractivity contribution >= 4 is 23.7 Å². The van der Waals surface area contributed by atoms with Crippen molar-refractivity contribution in [2.24, 2.45) is 17.8 Å². The molecule has 6 rings (SSSR count). The first-order chi connectivity index (χ1) is 22.7. The lowest BCUT2D eigenvalue weighted by molar-refractivity contribution is -0.152. The number of cyclic esters (lactones) is 1. The molecule has 3 saturated heterocycles. The van der Waals surface area contributed by atoms with E-state index in [-0.39, 0.29) is 43.3 Å². The van der Waals surface area contributed by atoms with Crippen molar-refractivity contribution in [3.05, 3.63) is 60.2 Å². The van der Waals surface area contributed by atoms with E-state index >= 15 is 0 Å². The number of morpholine rings is 1. The third-order valence-corrected chi connectivity index (χ3v) is 10.2. The van der Waals surface area contributed by atoms with Gasteiger partial charge in [0.1, 0.15) is 18.2 Å². The summed E-state index contributed by atoms with van der Waals surface area (Å²) in [6, 6.07) is 6.86. The second kappa shape index (κ2) is 14.3. The standard InChI is InChI=1S/C35H46N4O8/c1-23(2)26(21-40)39-31-34(44)38(16-15-37-17-19-45-20-18-37)14-8-13-35(31)30(33(39)43)29-27(47-35)11-6-7-12-28(41)46-22-25(36-32(29)42)24-9-4-3-5-10-24/h3-6,8-11,13,23,25-27,29-31,40H,7,12,14-22H2,1-2H3,(H,36,42)/b11-6-/t25-,26+,27+,29-,30-,31+,35-/m1/s1. The van der Waals surface area contributed by atoms with E-state index in [4.69, 9.17) is 14.2 Å². The zero-order chi connectivity index (χ0) is 33.1. The SMILES string of the molecule is CC(C)[C@H](CO)N1C(=O)[C@H]2[C@@H]3C(=O)N[C@@H](c4ccccc4)COC(=O)CC/C=C\[C@@H]3O[C@]23C=CCN(CCN2CCOCC2)C(=O)[C@H]13. The molecule has 0 aromatic heterocycles. The molecule has 1 spiro atoms. The van der Waals surface area contributed by atoms with Gasteiger partial charge in [0.2, 0.25) is 17.7 Å². The van der Waals surface area contributed by atoms with Crippen LogP contribution in [0, 0.1) is 17.8 Å². The number of benzene rings is 1. The van der Waals surface area contributed by atoms with Crippen LogP contribution in [0.4, 0.5) is 0 Å². The highest BCUT2D eigenvalue weighted by molar-refractivity contribution is 6.00. The second-order valence-electron chi connectivity index (χ2n) is 13.3. The Labute approximate surface area is 275 Å². The van der Waals surface area contributed by atoms with Gasteiger partial charge in [0.25, 0.3) is 0 Å². The molecule has 0 unspecified atom stereocenters. The molecule has 2 N–H and O–H groups in total. The average Bonchev–Trinajstić information content (AvgIpc) is 3.46. The Kier molecular flexibility index (Phi) is 10.1. The van der Waals surface area contributed by atoms with Gasteiger partial charge < -0.3 is 34.4 Å². The fourth-order valence-corrected chi connectivity index (χ4v) is 7.69. The summed E-state index contributed by atoms with van der Waals surface area (Å²) in [6.07, 6.45) is 6.89. The van der Waals surface area contributed by atoms with Crippen LogP contribution >= 0.6 is 0 Å². The average molecular weight is 651 g/mol. The molecule has 0 bridgehead atoms. The third kappa shape index (κ3) is 6.48. The van der Waals surface area contributed by atoms with Gasteiger partial charge in [-0.1, -0.05) is 68.5 Å². The Morgan fingerprint density at radius 1 is 1.02 bits per heavy atom. The van der Waals surface area contributed by atoms with Crippen molar-refractivity contribution in [1.82, 2.24) is 20.0 Å². The molecule has 1 aromatic carbocycles.